The van der Waals surface area contributed by atoms with Gasteiger partial charge in [-0.05, 0) is 44.0 Å². The summed E-state index contributed by atoms with van der Waals surface area (Å²) >= 11 is 0. The van der Waals surface area contributed by atoms with Crippen molar-refractivity contribution >= 4 is 5.91 Å². The minimum Gasteiger partial charge on any atom is -0.467 e. The van der Waals surface area contributed by atoms with E-state index < -0.39 is 0 Å². The summed E-state index contributed by atoms with van der Waals surface area (Å²) in [5, 5.41) is 3.02. The number of carbonyl (C=O) groups excluding carboxylic acids is 1. The number of furan rings is 1. The van der Waals surface area contributed by atoms with E-state index in [0.717, 1.165) is 31.7 Å². The van der Waals surface area contributed by atoms with Gasteiger partial charge < -0.3 is 9.73 Å². The van der Waals surface area contributed by atoms with Crippen LogP contribution in [0.2, 0.25) is 0 Å². The normalized spacial score (nSPS) is 22.9. The van der Waals surface area contributed by atoms with Gasteiger partial charge >= 0.3 is 0 Å². The van der Waals surface area contributed by atoms with Crippen LogP contribution in [0.5, 0.6) is 0 Å². The Labute approximate surface area is 143 Å². The molecule has 3 rings (SSSR count). The number of hydrogen-bond acceptors (Lipinski definition) is 3. The Hall–Kier alpha value is -2.07. The van der Waals surface area contributed by atoms with Crippen LogP contribution in [0.4, 0.5) is 0 Å². The highest BCUT2D eigenvalue weighted by Gasteiger charge is 2.33. The Balaban J connectivity index is 1.58. The molecule has 0 radical (unpaired) electrons. The zero-order chi connectivity index (χ0) is 17.0. The molecule has 0 spiro atoms. The quantitative estimate of drug-likeness (QED) is 0.914. The molecule has 4 heteroatoms. The van der Waals surface area contributed by atoms with Crippen molar-refractivity contribution in [3.63, 3.8) is 0 Å². The molecular formula is C20H26N2O2. The van der Waals surface area contributed by atoms with Crippen molar-refractivity contribution in [2.45, 2.75) is 38.1 Å². The number of carbonyl (C=O) groups is 1. The lowest BCUT2D eigenvalue weighted by molar-refractivity contribution is -0.123. The number of nitrogens with one attached hydrogen (secondary N) is 1. The van der Waals surface area contributed by atoms with E-state index in [9.17, 15) is 4.79 Å². The second kappa shape index (κ2) is 7.22. The van der Waals surface area contributed by atoms with Crippen LogP contribution in [-0.2, 0) is 10.2 Å². The maximum absolute atomic E-state index is 12.4. The van der Waals surface area contributed by atoms with Crippen LogP contribution in [0, 0.1) is 0 Å². The number of piperidine rings is 1. The van der Waals surface area contributed by atoms with Gasteiger partial charge in [-0.2, -0.15) is 0 Å². The second-order valence-corrected chi connectivity index (χ2v) is 7.05. The number of amides is 1. The Morgan fingerprint density at radius 3 is 2.79 bits per heavy atom. The van der Waals surface area contributed by atoms with Crippen molar-refractivity contribution in [3.8, 4) is 0 Å². The largest absolute Gasteiger partial charge is 0.467 e. The molecule has 1 amide bonds. The fraction of sp³-hybridized carbons (Fsp3) is 0.450. The van der Waals surface area contributed by atoms with Crippen molar-refractivity contribution in [1.29, 1.82) is 0 Å². The van der Waals surface area contributed by atoms with E-state index in [1.807, 2.05) is 19.1 Å². The van der Waals surface area contributed by atoms with Crippen LogP contribution in [0.1, 0.15) is 44.1 Å². The zero-order valence-electron chi connectivity index (χ0n) is 14.5. The molecule has 128 valence electrons. The molecule has 2 atom stereocenters. The van der Waals surface area contributed by atoms with Crippen molar-refractivity contribution in [2.24, 2.45) is 0 Å². The van der Waals surface area contributed by atoms with Crippen LogP contribution in [0.25, 0.3) is 0 Å². The lowest BCUT2D eigenvalue weighted by atomic mass is 9.76. The van der Waals surface area contributed by atoms with E-state index in [4.69, 9.17) is 4.42 Å². The third-order valence-electron chi connectivity index (χ3n) is 4.96. The number of hydrogen-bond donors (Lipinski definition) is 1. The highest BCUT2D eigenvalue weighted by Crippen LogP contribution is 2.33. The molecule has 1 saturated heterocycles. The van der Waals surface area contributed by atoms with E-state index in [0.29, 0.717) is 6.54 Å². The minimum atomic E-state index is -0.0993. The zero-order valence-corrected chi connectivity index (χ0v) is 14.5. The monoisotopic (exact) mass is 326 g/mol. The summed E-state index contributed by atoms with van der Waals surface area (Å²) in [6.07, 6.45) is 3.91. The van der Waals surface area contributed by atoms with Crippen molar-refractivity contribution in [3.05, 3.63) is 60.1 Å². The summed E-state index contributed by atoms with van der Waals surface area (Å²) < 4.78 is 5.35. The van der Waals surface area contributed by atoms with Crippen LogP contribution in [0.15, 0.2) is 53.1 Å². The third-order valence-corrected chi connectivity index (χ3v) is 4.96. The molecule has 1 aromatic heterocycles. The first-order valence-corrected chi connectivity index (χ1v) is 8.67. The van der Waals surface area contributed by atoms with Gasteiger partial charge in [0.15, 0.2) is 0 Å². The van der Waals surface area contributed by atoms with Crippen molar-refractivity contribution in [2.75, 3.05) is 19.6 Å². The fourth-order valence-corrected chi connectivity index (χ4v) is 3.65. The molecule has 1 aliphatic rings. The van der Waals surface area contributed by atoms with Gasteiger partial charge in [0.2, 0.25) is 5.91 Å². The first kappa shape index (κ1) is 16.8. The molecule has 2 heterocycles. The van der Waals surface area contributed by atoms with Gasteiger partial charge in [0, 0.05) is 12.0 Å². The lowest BCUT2D eigenvalue weighted by Gasteiger charge is -2.40. The maximum Gasteiger partial charge on any atom is 0.234 e. The molecule has 4 nitrogen and oxygen atoms in total. The highest BCUT2D eigenvalue weighted by molar-refractivity contribution is 5.78. The highest BCUT2D eigenvalue weighted by atomic mass is 16.3. The molecule has 2 unspecified atom stereocenters. The number of benzene rings is 1. The standard InChI is InChI=1S/C20H26N2O2/c1-16(18-10-6-13-24-18)21-19(23)14-22-12-7-11-20(2,15-22)17-8-4-3-5-9-17/h3-6,8-10,13,16H,7,11-12,14-15H2,1-2H3,(H,21,23). The van der Waals surface area contributed by atoms with Crippen LogP contribution in [0.3, 0.4) is 0 Å². The van der Waals surface area contributed by atoms with Gasteiger partial charge in [0.05, 0.1) is 18.8 Å². The van der Waals surface area contributed by atoms with Gasteiger partial charge in [-0.3, -0.25) is 9.69 Å². The predicted octanol–water partition coefficient (Wildman–Crippen LogP) is 3.51. The Morgan fingerprint density at radius 2 is 2.08 bits per heavy atom. The van der Waals surface area contributed by atoms with Gasteiger partial charge in [0.1, 0.15) is 5.76 Å². The Kier molecular flexibility index (Phi) is 5.05. The summed E-state index contributed by atoms with van der Waals surface area (Å²) in [6.45, 7) is 6.58. The molecule has 2 aromatic rings. The molecule has 1 fully saturated rings. The number of likely N-dealkylation sites (tertiary alicyclic amines) is 1. The summed E-state index contributed by atoms with van der Waals surface area (Å²) in [5.41, 5.74) is 1.48. The smallest absolute Gasteiger partial charge is 0.234 e. The molecule has 0 saturated carbocycles. The molecule has 1 aliphatic heterocycles. The van der Waals surface area contributed by atoms with Crippen LogP contribution in [-0.4, -0.2) is 30.4 Å². The second-order valence-electron chi connectivity index (χ2n) is 7.05. The van der Waals surface area contributed by atoms with Crippen LogP contribution >= 0.6 is 0 Å². The molecule has 24 heavy (non-hydrogen) atoms. The van der Waals surface area contributed by atoms with Gasteiger partial charge in [0.25, 0.3) is 0 Å². The predicted molar refractivity (Wildman–Crippen MR) is 94.7 cm³/mol. The molecule has 1 N–H and O–H groups in total. The van der Waals surface area contributed by atoms with Crippen LogP contribution < -0.4 is 5.32 Å². The fourth-order valence-electron chi connectivity index (χ4n) is 3.65. The van der Waals surface area contributed by atoms with Gasteiger partial charge in [-0.1, -0.05) is 37.3 Å². The minimum absolute atomic E-state index is 0.0520. The van der Waals surface area contributed by atoms with E-state index in [1.165, 1.54) is 5.56 Å². The molecule has 0 bridgehead atoms. The third kappa shape index (κ3) is 3.88. The summed E-state index contributed by atoms with van der Waals surface area (Å²) in [7, 11) is 0. The summed E-state index contributed by atoms with van der Waals surface area (Å²) in [5.74, 6) is 0.840. The van der Waals surface area contributed by atoms with Gasteiger partial charge in [-0.15, -0.1) is 0 Å². The van der Waals surface area contributed by atoms with Crippen molar-refractivity contribution < 1.29 is 9.21 Å². The number of rotatable bonds is 5. The van der Waals surface area contributed by atoms with E-state index in [-0.39, 0.29) is 17.4 Å². The number of nitrogens with zero attached hydrogens (tertiary/aromatic N) is 1. The van der Waals surface area contributed by atoms with Crippen molar-refractivity contribution in [1.82, 2.24) is 10.2 Å². The molecule has 1 aromatic carbocycles. The topological polar surface area (TPSA) is 45.5 Å². The Bertz CT molecular complexity index is 654. The average Bonchev–Trinajstić information content (AvgIpc) is 3.10. The first-order valence-electron chi connectivity index (χ1n) is 8.67. The Morgan fingerprint density at radius 1 is 1.29 bits per heavy atom. The molecule has 0 aliphatic carbocycles. The van der Waals surface area contributed by atoms with E-state index in [1.54, 1.807) is 6.26 Å². The SMILES string of the molecule is CC(NC(=O)CN1CCCC(C)(c2ccccc2)C1)c1ccco1. The molecular weight excluding hydrogens is 300 g/mol. The van der Waals surface area contributed by atoms with E-state index in [2.05, 4.69) is 47.5 Å². The average molecular weight is 326 g/mol. The summed E-state index contributed by atoms with van der Waals surface area (Å²) in [6, 6.07) is 14.3. The van der Waals surface area contributed by atoms with E-state index >= 15 is 0 Å². The van der Waals surface area contributed by atoms with Gasteiger partial charge in [-0.25, -0.2) is 0 Å². The first-order chi connectivity index (χ1) is 11.6. The lowest BCUT2D eigenvalue weighted by Crippen LogP contribution is -2.48. The maximum atomic E-state index is 12.4. The summed E-state index contributed by atoms with van der Waals surface area (Å²) in [4.78, 5) is 14.6.